The first-order valence-corrected chi connectivity index (χ1v) is 8.82. The Hall–Kier alpha value is -2.96. The van der Waals surface area contributed by atoms with Gasteiger partial charge < -0.3 is 0 Å². The van der Waals surface area contributed by atoms with Crippen molar-refractivity contribution in [2.45, 2.75) is 0 Å². The molecule has 3 aromatic carbocycles. The molecule has 0 aliphatic rings. The summed E-state index contributed by atoms with van der Waals surface area (Å²) in [5, 5.41) is 0.436. The van der Waals surface area contributed by atoms with Gasteiger partial charge in [0.2, 0.25) is 0 Å². The van der Waals surface area contributed by atoms with Gasteiger partial charge in [-0.2, -0.15) is 0 Å². The van der Waals surface area contributed by atoms with Gasteiger partial charge in [0.25, 0.3) is 5.56 Å². The van der Waals surface area contributed by atoms with Gasteiger partial charge in [0.05, 0.1) is 26.6 Å². The van der Waals surface area contributed by atoms with Crippen LogP contribution in [0.3, 0.4) is 0 Å². The van der Waals surface area contributed by atoms with Crippen molar-refractivity contribution in [3.8, 4) is 16.8 Å². The lowest BCUT2D eigenvalue weighted by Crippen LogP contribution is -2.30. The lowest BCUT2D eigenvalue weighted by atomic mass is 10.0. The average molecular weight is 419 g/mol. The SMILES string of the molecule is O=c1[nH]c(=O)n(-c2c(Cl)cccc2Cl)c2cccc(-c3ccc(F)cc3F)c12. The molecule has 1 aromatic heterocycles. The van der Waals surface area contributed by atoms with Gasteiger partial charge >= 0.3 is 5.69 Å². The summed E-state index contributed by atoms with van der Waals surface area (Å²) in [5.74, 6) is -1.57. The van der Waals surface area contributed by atoms with Crippen LogP contribution in [0.15, 0.2) is 64.2 Å². The first-order valence-electron chi connectivity index (χ1n) is 8.06. The largest absolute Gasteiger partial charge is 0.333 e. The highest BCUT2D eigenvalue weighted by Gasteiger charge is 2.18. The normalized spacial score (nSPS) is 11.1. The number of aromatic nitrogens is 2. The molecular formula is C20H10Cl2F2N2O2. The smallest absolute Gasteiger partial charge is 0.273 e. The standard InChI is InChI=1S/C20H10Cl2F2N2O2/c21-13-4-2-5-14(22)18(13)26-16-6-1-3-12(17(16)19(27)25-20(26)28)11-8-7-10(23)9-15(11)24/h1-9H,(H,25,27,28). The molecule has 0 radical (unpaired) electrons. The fraction of sp³-hybridized carbons (Fsp3) is 0. The second kappa shape index (κ2) is 6.89. The predicted octanol–water partition coefficient (Wildman–Crippen LogP) is 4.93. The number of fused-ring (bicyclic) bond motifs is 1. The van der Waals surface area contributed by atoms with Crippen molar-refractivity contribution >= 4 is 34.1 Å². The van der Waals surface area contributed by atoms with Gasteiger partial charge in [-0.1, -0.05) is 41.4 Å². The van der Waals surface area contributed by atoms with Gasteiger partial charge in [0.15, 0.2) is 0 Å². The monoisotopic (exact) mass is 418 g/mol. The molecule has 1 N–H and O–H groups in total. The zero-order valence-corrected chi connectivity index (χ0v) is 15.5. The molecule has 4 rings (SSSR count). The summed E-state index contributed by atoms with van der Waals surface area (Å²) in [6, 6.07) is 12.4. The van der Waals surface area contributed by atoms with Crippen LogP contribution in [-0.4, -0.2) is 9.55 Å². The zero-order valence-electron chi connectivity index (χ0n) is 14.0. The Balaban J connectivity index is 2.17. The van der Waals surface area contributed by atoms with Crippen molar-refractivity contribution < 1.29 is 8.78 Å². The van der Waals surface area contributed by atoms with Crippen LogP contribution in [0.5, 0.6) is 0 Å². The molecule has 0 fully saturated rings. The molecule has 140 valence electrons. The zero-order chi connectivity index (χ0) is 20.0. The minimum absolute atomic E-state index is 0.0213. The van der Waals surface area contributed by atoms with E-state index in [1.54, 1.807) is 24.3 Å². The summed E-state index contributed by atoms with van der Waals surface area (Å²) >= 11 is 12.5. The maximum absolute atomic E-state index is 14.4. The molecule has 1 heterocycles. The van der Waals surface area contributed by atoms with Crippen LogP contribution >= 0.6 is 23.2 Å². The van der Waals surface area contributed by atoms with E-state index in [2.05, 4.69) is 4.98 Å². The third kappa shape index (κ3) is 2.91. The van der Waals surface area contributed by atoms with Gasteiger partial charge in [-0.05, 0) is 35.9 Å². The summed E-state index contributed by atoms with van der Waals surface area (Å²) in [4.78, 5) is 27.4. The van der Waals surface area contributed by atoms with E-state index in [4.69, 9.17) is 23.2 Å². The van der Waals surface area contributed by atoms with E-state index in [-0.39, 0.29) is 37.8 Å². The summed E-state index contributed by atoms with van der Waals surface area (Å²) < 4.78 is 28.8. The van der Waals surface area contributed by atoms with E-state index in [9.17, 15) is 18.4 Å². The number of rotatable bonds is 2. The highest BCUT2D eigenvalue weighted by molar-refractivity contribution is 6.37. The molecule has 4 nitrogen and oxygen atoms in total. The highest BCUT2D eigenvalue weighted by Crippen LogP contribution is 2.32. The number of hydrogen-bond acceptors (Lipinski definition) is 2. The van der Waals surface area contributed by atoms with Gasteiger partial charge in [-0.25, -0.2) is 13.6 Å². The summed E-state index contributed by atoms with van der Waals surface area (Å²) in [7, 11) is 0. The molecular weight excluding hydrogens is 409 g/mol. The van der Waals surface area contributed by atoms with Crippen LogP contribution in [0.1, 0.15) is 0 Å². The Bertz CT molecular complexity index is 1340. The molecule has 0 spiro atoms. The Kier molecular flexibility index (Phi) is 4.53. The van der Waals surface area contributed by atoms with Gasteiger partial charge in [0, 0.05) is 11.6 Å². The number of nitrogens with one attached hydrogen (secondary N) is 1. The number of H-pyrrole nitrogens is 1. The van der Waals surface area contributed by atoms with Crippen molar-refractivity contribution in [2.75, 3.05) is 0 Å². The molecule has 8 heteroatoms. The van der Waals surface area contributed by atoms with Crippen molar-refractivity contribution in [3.05, 3.63) is 97.1 Å². The summed E-state index contributed by atoms with van der Waals surface area (Å²) in [5.41, 5.74) is -0.858. The van der Waals surface area contributed by atoms with Crippen LogP contribution in [-0.2, 0) is 0 Å². The maximum Gasteiger partial charge on any atom is 0.333 e. The topological polar surface area (TPSA) is 54.9 Å². The van der Waals surface area contributed by atoms with E-state index in [1.165, 1.54) is 18.2 Å². The molecule has 4 aromatic rings. The highest BCUT2D eigenvalue weighted by atomic mass is 35.5. The minimum atomic E-state index is -0.833. The number of aromatic amines is 1. The summed E-state index contributed by atoms with van der Waals surface area (Å²) in [6.45, 7) is 0. The Morgan fingerprint density at radius 1 is 0.857 bits per heavy atom. The van der Waals surface area contributed by atoms with Gasteiger partial charge in [-0.15, -0.1) is 0 Å². The second-order valence-corrected chi connectivity index (χ2v) is 6.80. The van der Waals surface area contributed by atoms with E-state index in [0.29, 0.717) is 0 Å². The minimum Gasteiger partial charge on any atom is -0.273 e. The Labute approximate surface area is 166 Å². The van der Waals surface area contributed by atoms with E-state index in [0.717, 1.165) is 16.7 Å². The van der Waals surface area contributed by atoms with Gasteiger partial charge in [-0.3, -0.25) is 14.3 Å². The van der Waals surface area contributed by atoms with Crippen LogP contribution in [0.2, 0.25) is 10.0 Å². The van der Waals surface area contributed by atoms with E-state index >= 15 is 0 Å². The molecule has 0 aliphatic carbocycles. The molecule has 0 unspecified atom stereocenters. The number of hydrogen-bond donors (Lipinski definition) is 1. The predicted molar refractivity (Wildman–Crippen MR) is 106 cm³/mol. The molecule has 0 saturated carbocycles. The Morgan fingerprint density at radius 2 is 1.54 bits per heavy atom. The van der Waals surface area contributed by atoms with Crippen LogP contribution in [0.25, 0.3) is 27.7 Å². The van der Waals surface area contributed by atoms with Crippen molar-refractivity contribution in [3.63, 3.8) is 0 Å². The number of nitrogens with zero attached hydrogens (tertiary/aromatic N) is 1. The third-order valence-electron chi connectivity index (χ3n) is 4.32. The fourth-order valence-electron chi connectivity index (χ4n) is 3.15. The Morgan fingerprint density at radius 3 is 2.21 bits per heavy atom. The third-order valence-corrected chi connectivity index (χ3v) is 4.93. The second-order valence-electron chi connectivity index (χ2n) is 5.99. The number of para-hydroxylation sites is 1. The maximum atomic E-state index is 14.4. The molecule has 0 bridgehead atoms. The molecule has 0 atom stereocenters. The lowest BCUT2D eigenvalue weighted by molar-refractivity contribution is 0.585. The first-order chi connectivity index (χ1) is 13.4. The molecule has 0 aliphatic heterocycles. The first kappa shape index (κ1) is 18.4. The molecule has 28 heavy (non-hydrogen) atoms. The van der Waals surface area contributed by atoms with E-state index < -0.39 is 22.9 Å². The van der Waals surface area contributed by atoms with Crippen LogP contribution in [0, 0.1) is 11.6 Å². The van der Waals surface area contributed by atoms with Crippen LogP contribution in [0.4, 0.5) is 8.78 Å². The lowest BCUT2D eigenvalue weighted by Gasteiger charge is -2.15. The van der Waals surface area contributed by atoms with E-state index in [1.807, 2.05) is 0 Å². The quantitative estimate of drug-likeness (QED) is 0.501. The number of halogens is 4. The van der Waals surface area contributed by atoms with Crippen molar-refractivity contribution in [1.82, 2.24) is 9.55 Å². The summed E-state index contributed by atoms with van der Waals surface area (Å²) in [6.07, 6.45) is 0. The number of benzene rings is 3. The average Bonchev–Trinajstić information content (AvgIpc) is 2.63. The fourth-order valence-corrected chi connectivity index (χ4v) is 3.71. The molecule has 0 saturated heterocycles. The van der Waals surface area contributed by atoms with Crippen LogP contribution < -0.4 is 11.2 Å². The molecule has 0 amide bonds. The van der Waals surface area contributed by atoms with Crippen molar-refractivity contribution in [2.24, 2.45) is 0 Å². The van der Waals surface area contributed by atoms with Crippen molar-refractivity contribution in [1.29, 1.82) is 0 Å². The van der Waals surface area contributed by atoms with Gasteiger partial charge in [0.1, 0.15) is 11.6 Å².